The minimum absolute atomic E-state index is 0.551. The third-order valence-electron chi connectivity index (χ3n) is 3.23. The van der Waals surface area contributed by atoms with E-state index < -0.39 is 0 Å². The molecular formula is C19H18N2S. The van der Waals surface area contributed by atoms with Crippen LogP contribution in [0.5, 0.6) is 0 Å². The standard InChI is InChI=1S/C19H18N2S/c1-3-7-17(14-21-13-15-8-5-4-6-9-15)16-10-11-18(20-2)19(22)12-16/h1,4-6,8-12,14,21-22H,2,7,13H2/b17-14+. The van der Waals surface area contributed by atoms with Crippen LogP contribution in [0.25, 0.3) is 5.57 Å². The molecule has 2 aromatic rings. The van der Waals surface area contributed by atoms with Gasteiger partial charge in [-0.3, -0.25) is 4.99 Å². The number of hydrogen-bond donors (Lipinski definition) is 2. The van der Waals surface area contributed by atoms with Gasteiger partial charge in [-0.05, 0) is 35.6 Å². The molecule has 0 spiro atoms. The zero-order valence-electron chi connectivity index (χ0n) is 12.3. The Hall–Kier alpha value is -2.44. The van der Waals surface area contributed by atoms with Crippen molar-refractivity contribution >= 4 is 30.6 Å². The normalized spacial score (nSPS) is 10.8. The topological polar surface area (TPSA) is 24.4 Å². The number of hydrogen-bond acceptors (Lipinski definition) is 3. The predicted octanol–water partition coefficient (Wildman–Crippen LogP) is 4.46. The third-order valence-corrected chi connectivity index (χ3v) is 3.59. The molecule has 0 unspecified atom stereocenters. The van der Waals surface area contributed by atoms with Crippen molar-refractivity contribution in [3.8, 4) is 12.3 Å². The van der Waals surface area contributed by atoms with Crippen LogP contribution in [-0.4, -0.2) is 6.72 Å². The fourth-order valence-corrected chi connectivity index (χ4v) is 2.38. The van der Waals surface area contributed by atoms with Crippen molar-refractivity contribution in [2.45, 2.75) is 17.9 Å². The van der Waals surface area contributed by atoms with Crippen molar-refractivity contribution in [1.82, 2.24) is 5.32 Å². The first-order valence-electron chi connectivity index (χ1n) is 6.94. The van der Waals surface area contributed by atoms with Crippen LogP contribution < -0.4 is 5.32 Å². The number of nitrogens with zero attached hydrogens (tertiary/aromatic N) is 1. The molecule has 0 heterocycles. The van der Waals surface area contributed by atoms with E-state index in [1.807, 2.05) is 42.6 Å². The second kappa shape index (κ2) is 8.11. The van der Waals surface area contributed by atoms with E-state index in [1.165, 1.54) is 5.56 Å². The van der Waals surface area contributed by atoms with Crippen LogP contribution >= 0.6 is 12.6 Å². The summed E-state index contributed by atoms with van der Waals surface area (Å²) in [6.45, 7) is 4.29. The fourth-order valence-electron chi connectivity index (χ4n) is 2.09. The summed E-state index contributed by atoms with van der Waals surface area (Å²) < 4.78 is 0. The van der Waals surface area contributed by atoms with Crippen molar-refractivity contribution in [1.29, 1.82) is 0 Å². The monoisotopic (exact) mass is 306 g/mol. The highest BCUT2D eigenvalue weighted by Crippen LogP contribution is 2.27. The fraction of sp³-hybridized carbons (Fsp3) is 0.105. The Morgan fingerprint density at radius 2 is 2.05 bits per heavy atom. The molecule has 0 radical (unpaired) electrons. The van der Waals surface area contributed by atoms with E-state index in [1.54, 1.807) is 0 Å². The van der Waals surface area contributed by atoms with E-state index in [9.17, 15) is 0 Å². The van der Waals surface area contributed by atoms with Crippen molar-refractivity contribution < 1.29 is 0 Å². The highest BCUT2D eigenvalue weighted by Gasteiger charge is 2.04. The van der Waals surface area contributed by atoms with Crippen LogP contribution in [0.3, 0.4) is 0 Å². The molecule has 0 aliphatic heterocycles. The minimum atomic E-state index is 0.551. The average molecular weight is 306 g/mol. The molecule has 0 fully saturated rings. The summed E-state index contributed by atoms with van der Waals surface area (Å²) in [7, 11) is 0. The van der Waals surface area contributed by atoms with Gasteiger partial charge in [0.25, 0.3) is 0 Å². The molecule has 0 amide bonds. The Bertz CT molecular complexity index is 712. The maximum atomic E-state index is 5.48. The second-order valence-electron chi connectivity index (χ2n) is 4.78. The van der Waals surface area contributed by atoms with Gasteiger partial charge in [-0.15, -0.1) is 25.0 Å². The summed E-state index contributed by atoms with van der Waals surface area (Å²) in [5.41, 5.74) is 4.07. The number of nitrogens with one attached hydrogen (secondary N) is 1. The van der Waals surface area contributed by atoms with Gasteiger partial charge in [0.15, 0.2) is 0 Å². The van der Waals surface area contributed by atoms with Gasteiger partial charge in [-0.25, -0.2) is 0 Å². The number of rotatable bonds is 6. The Balaban J connectivity index is 2.15. The van der Waals surface area contributed by atoms with Crippen LogP contribution in [0.1, 0.15) is 17.5 Å². The molecule has 0 saturated heterocycles. The molecule has 2 nitrogen and oxygen atoms in total. The summed E-state index contributed by atoms with van der Waals surface area (Å²) in [4.78, 5) is 4.71. The molecule has 2 aromatic carbocycles. The lowest BCUT2D eigenvalue weighted by molar-refractivity contribution is 0.869. The minimum Gasteiger partial charge on any atom is -0.387 e. The lowest BCUT2D eigenvalue weighted by Gasteiger charge is -2.09. The van der Waals surface area contributed by atoms with Gasteiger partial charge in [-0.2, -0.15) is 0 Å². The van der Waals surface area contributed by atoms with Gasteiger partial charge in [0.05, 0.1) is 5.69 Å². The van der Waals surface area contributed by atoms with Crippen molar-refractivity contribution in [3.63, 3.8) is 0 Å². The SMILES string of the molecule is C#CC/C(=C\NCc1ccccc1)c1ccc(N=C)c(S)c1. The Labute approximate surface area is 137 Å². The quantitative estimate of drug-likeness (QED) is 0.459. The zero-order chi connectivity index (χ0) is 15.8. The summed E-state index contributed by atoms with van der Waals surface area (Å²) in [5, 5.41) is 3.31. The number of allylic oxidation sites excluding steroid dienone is 1. The molecule has 0 aliphatic carbocycles. The van der Waals surface area contributed by atoms with Crippen LogP contribution in [0, 0.1) is 12.3 Å². The first kappa shape index (κ1) is 15.9. The molecule has 0 aliphatic rings. The summed E-state index contributed by atoms with van der Waals surface area (Å²) >= 11 is 4.43. The third kappa shape index (κ3) is 4.28. The van der Waals surface area contributed by atoms with Crippen molar-refractivity contribution in [2.75, 3.05) is 0 Å². The van der Waals surface area contributed by atoms with Crippen LogP contribution in [-0.2, 0) is 6.54 Å². The smallest absolute Gasteiger partial charge is 0.0755 e. The maximum absolute atomic E-state index is 5.48. The summed E-state index contributed by atoms with van der Waals surface area (Å²) in [6, 6.07) is 16.1. The van der Waals surface area contributed by atoms with Crippen LogP contribution in [0.2, 0.25) is 0 Å². The van der Waals surface area contributed by atoms with E-state index >= 15 is 0 Å². The second-order valence-corrected chi connectivity index (χ2v) is 5.26. The Kier molecular flexibility index (Phi) is 5.88. The van der Waals surface area contributed by atoms with E-state index in [0.29, 0.717) is 6.42 Å². The highest BCUT2D eigenvalue weighted by atomic mass is 32.1. The van der Waals surface area contributed by atoms with Gasteiger partial charge in [0, 0.05) is 24.1 Å². The molecule has 2 rings (SSSR count). The molecule has 0 aromatic heterocycles. The van der Waals surface area contributed by atoms with E-state index in [2.05, 4.69) is 47.7 Å². The van der Waals surface area contributed by atoms with Gasteiger partial charge in [0.2, 0.25) is 0 Å². The molecule has 0 saturated carbocycles. The molecular weight excluding hydrogens is 288 g/mol. The molecule has 0 atom stereocenters. The summed E-state index contributed by atoms with van der Waals surface area (Å²) in [6.07, 6.45) is 8.00. The van der Waals surface area contributed by atoms with E-state index in [4.69, 9.17) is 6.42 Å². The lowest BCUT2D eigenvalue weighted by Crippen LogP contribution is -2.05. The predicted molar refractivity (Wildman–Crippen MR) is 97.6 cm³/mol. The van der Waals surface area contributed by atoms with Gasteiger partial charge < -0.3 is 5.32 Å². The number of aliphatic imine (C=N–C) groups is 1. The van der Waals surface area contributed by atoms with E-state index in [0.717, 1.165) is 28.3 Å². The molecule has 110 valence electrons. The summed E-state index contributed by atoms with van der Waals surface area (Å²) in [5.74, 6) is 2.69. The average Bonchev–Trinajstić information content (AvgIpc) is 2.55. The van der Waals surface area contributed by atoms with Crippen molar-refractivity contribution in [3.05, 3.63) is 65.9 Å². The largest absolute Gasteiger partial charge is 0.387 e. The maximum Gasteiger partial charge on any atom is 0.0755 e. The first-order chi connectivity index (χ1) is 10.7. The Morgan fingerprint density at radius 3 is 2.68 bits per heavy atom. The zero-order valence-corrected chi connectivity index (χ0v) is 13.2. The van der Waals surface area contributed by atoms with Crippen LogP contribution in [0.15, 0.2) is 64.6 Å². The lowest BCUT2D eigenvalue weighted by atomic mass is 10.0. The van der Waals surface area contributed by atoms with Crippen LogP contribution in [0.4, 0.5) is 5.69 Å². The number of terminal acetylenes is 1. The van der Waals surface area contributed by atoms with Gasteiger partial charge in [0.1, 0.15) is 0 Å². The Morgan fingerprint density at radius 1 is 1.27 bits per heavy atom. The molecule has 3 heteroatoms. The highest BCUT2D eigenvalue weighted by molar-refractivity contribution is 7.80. The first-order valence-corrected chi connectivity index (χ1v) is 7.39. The van der Waals surface area contributed by atoms with E-state index in [-0.39, 0.29) is 0 Å². The number of benzene rings is 2. The molecule has 0 bridgehead atoms. The molecule has 22 heavy (non-hydrogen) atoms. The van der Waals surface area contributed by atoms with Gasteiger partial charge >= 0.3 is 0 Å². The molecule has 1 N–H and O–H groups in total. The van der Waals surface area contributed by atoms with Crippen molar-refractivity contribution in [2.24, 2.45) is 4.99 Å². The number of thiol groups is 1. The van der Waals surface area contributed by atoms with Gasteiger partial charge in [-0.1, -0.05) is 36.4 Å².